The lowest BCUT2D eigenvalue weighted by molar-refractivity contribution is -0.385. The average molecular weight is 460 g/mol. The standard InChI is InChI=1S/C17H12ClF2N3O4S2/c1-9-13(18)6-12(7-16(9)23(24)25)29(26,27)22-17-21-8-11(28-17)4-10-2-3-14(19)15(20)5-10/h2-3,5-8H,4H2,1H3,(H,21,22). The Morgan fingerprint density at radius 1 is 1.24 bits per heavy atom. The van der Waals surface area contributed by atoms with Crippen molar-refractivity contribution in [3.05, 3.63) is 79.3 Å². The van der Waals surface area contributed by atoms with Gasteiger partial charge >= 0.3 is 0 Å². The summed E-state index contributed by atoms with van der Waals surface area (Å²) in [7, 11) is -4.18. The summed E-state index contributed by atoms with van der Waals surface area (Å²) in [6.07, 6.45) is 1.62. The normalized spacial score (nSPS) is 11.4. The van der Waals surface area contributed by atoms with Crippen LogP contribution >= 0.6 is 22.9 Å². The van der Waals surface area contributed by atoms with Gasteiger partial charge in [0.1, 0.15) is 0 Å². The number of nitrogens with zero attached hydrogens (tertiary/aromatic N) is 2. The molecule has 3 aromatic rings. The van der Waals surface area contributed by atoms with Gasteiger partial charge in [-0.1, -0.05) is 17.7 Å². The van der Waals surface area contributed by atoms with Gasteiger partial charge in [0.15, 0.2) is 16.8 Å². The highest BCUT2D eigenvalue weighted by Gasteiger charge is 2.23. The van der Waals surface area contributed by atoms with E-state index in [-0.39, 0.29) is 27.0 Å². The molecule has 1 N–H and O–H groups in total. The molecule has 0 saturated heterocycles. The maximum absolute atomic E-state index is 13.3. The van der Waals surface area contributed by atoms with Crippen LogP contribution in [-0.2, 0) is 16.4 Å². The number of aromatic nitrogens is 1. The molecule has 0 aliphatic heterocycles. The van der Waals surface area contributed by atoms with Gasteiger partial charge in [-0.25, -0.2) is 22.2 Å². The number of sulfonamides is 1. The van der Waals surface area contributed by atoms with E-state index in [9.17, 15) is 27.3 Å². The van der Waals surface area contributed by atoms with Crippen LogP contribution in [0.25, 0.3) is 0 Å². The van der Waals surface area contributed by atoms with E-state index in [1.807, 2.05) is 0 Å². The van der Waals surface area contributed by atoms with Crippen LogP contribution < -0.4 is 4.72 Å². The monoisotopic (exact) mass is 459 g/mol. The molecule has 1 aromatic heterocycles. The number of halogens is 3. The molecule has 152 valence electrons. The van der Waals surface area contributed by atoms with Gasteiger partial charge in [-0.15, -0.1) is 11.3 Å². The Hall–Kier alpha value is -2.63. The summed E-state index contributed by atoms with van der Waals surface area (Å²) in [4.78, 5) is 14.6. The van der Waals surface area contributed by atoms with E-state index in [0.717, 1.165) is 35.6 Å². The van der Waals surface area contributed by atoms with Crippen molar-refractivity contribution in [2.75, 3.05) is 4.72 Å². The van der Waals surface area contributed by atoms with E-state index >= 15 is 0 Å². The van der Waals surface area contributed by atoms with Crippen molar-refractivity contribution in [2.24, 2.45) is 0 Å². The summed E-state index contributed by atoms with van der Waals surface area (Å²) in [5, 5.41) is 11.1. The van der Waals surface area contributed by atoms with E-state index in [1.54, 1.807) is 0 Å². The van der Waals surface area contributed by atoms with Crippen LogP contribution in [0.1, 0.15) is 16.0 Å². The minimum atomic E-state index is -4.18. The molecule has 29 heavy (non-hydrogen) atoms. The molecular weight excluding hydrogens is 448 g/mol. The Kier molecular flexibility index (Phi) is 5.82. The number of hydrogen-bond donors (Lipinski definition) is 1. The number of nitro groups is 1. The fraction of sp³-hybridized carbons (Fsp3) is 0.118. The molecule has 1 heterocycles. The third-order valence-electron chi connectivity index (χ3n) is 3.94. The SMILES string of the molecule is Cc1c(Cl)cc(S(=O)(=O)Nc2ncc(Cc3ccc(F)c(F)c3)s2)cc1[N+](=O)[O-]. The van der Waals surface area contributed by atoms with E-state index in [4.69, 9.17) is 11.6 Å². The molecule has 3 rings (SSSR count). The fourth-order valence-corrected chi connectivity index (χ4v) is 4.86. The maximum Gasteiger partial charge on any atom is 0.275 e. The number of anilines is 1. The highest BCUT2D eigenvalue weighted by atomic mass is 35.5. The first-order valence-electron chi connectivity index (χ1n) is 7.93. The number of nitrogens with one attached hydrogen (secondary N) is 1. The van der Waals surface area contributed by atoms with Gasteiger partial charge in [-0.2, -0.15) is 0 Å². The topological polar surface area (TPSA) is 102 Å². The average Bonchev–Trinajstić information content (AvgIpc) is 3.06. The molecule has 0 spiro atoms. The molecule has 2 aromatic carbocycles. The van der Waals surface area contributed by atoms with Crippen molar-refractivity contribution < 1.29 is 22.1 Å². The van der Waals surface area contributed by atoms with Gasteiger partial charge in [-0.3, -0.25) is 14.8 Å². The molecule has 12 heteroatoms. The van der Waals surface area contributed by atoms with Crippen molar-refractivity contribution >= 4 is 43.8 Å². The quantitative estimate of drug-likeness (QED) is 0.426. The fourth-order valence-electron chi connectivity index (χ4n) is 2.45. The van der Waals surface area contributed by atoms with Gasteiger partial charge in [0.25, 0.3) is 15.7 Å². The van der Waals surface area contributed by atoms with E-state index in [2.05, 4.69) is 9.71 Å². The largest absolute Gasteiger partial charge is 0.275 e. The van der Waals surface area contributed by atoms with Crippen LogP contribution in [0.4, 0.5) is 19.6 Å². The smallest absolute Gasteiger partial charge is 0.258 e. The molecule has 0 bridgehead atoms. The van der Waals surface area contributed by atoms with Crippen LogP contribution in [0.2, 0.25) is 5.02 Å². The highest BCUT2D eigenvalue weighted by Crippen LogP contribution is 2.31. The summed E-state index contributed by atoms with van der Waals surface area (Å²) in [6, 6.07) is 5.49. The van der Waals surface area contributed by atoms with Gasteiger partial charge in [0.05, 0.1) is 14.8 Å². The van der Waals surface area contributed by atoms with E-state index in [0.29, 0.717) is 10.4 Å². The zero-order valence-electron chi connectivity index (χ0n) is 14.6. The molecule has 0 aliphatic rings. The second-order valence-electron chi connectivity index (χ2n) is 5.97. The minimum Gasteiger partial charge on any atom is -0.258 e. The molecule has 0 aliphatic carbocycles. The summed E-state index contributed by atoms with van der Waals surface area (Å²) >= 11 is 6.92. The van der Waals surface area contributed by atoms with Gasteiger partial charge in [0.2, 0.25) is 0 Å². The Morgan fingerprint density at radius 3 is 2.62 bits per heavy atom. The third kappa shape index (κ3) is 4.69. The minimum absolute atomic E-state index is 0.0157. The van der Waals surface area contributed by atoms with Gasteiger partial charge < -0.3 is 0 Å². The van der Waals surface area contributed by atoms with Crippen LogP contribution in [0.15, 0.2) is 41.4 Å². The lowest BCUT2D eigenvalue weighted by Crippen LogP contribution is -2.13. The zero-order chi connectivity index (χ0) is 21.3. The summed E-state index contributed by atoms with van der Waals surface area (Å²) < 4.78 is 53.7. The molecule has 0 saturated carbocycles. The van der Waals surface area contributed by atoms with Crippen molar-refractivity contribution in [3.63, 3.8) is 0 Å². The first kappa shape index (κ1) is 21.1. The van der Waals surface area contributed by atoms with E-state index in [1.165, 1.54) is 19.2 Å². The summed E-state index contributed by atoms with van der Waals surface area (Å²) in [5.41, 5.74) is 0.220. The van der Waals surface area contributed by atoms with Crippen LogP contribution in [0.5, 0.6) is 0 Å². The molecule has 7 nitrogen and oxygen atoms in total. The molecule has 0 unspecified atom stereocenters. The van der Waals surface area contributed by atoms with Crippen molar-refractivity contribution in [2.45, 2.75) is 18.2 Å². The second kappa shape index (κ2) is 8.01. The van der Waals surface area contributed by atoms with Crippen LogP contribution in [0, 0.1) is 28.7 Å². The Bertz CT molecular complexity index is 1220. The van der Waals surface area contributed by atoms with Crippen molar-refractivity contribution in [1.82, 2.24) is 4.98 Å². The predicted molar refractivity (Wildman–Crippen MR) is 105 cm³/mol. The Morgan fingerprint density at radius 2 is 1.97 bits per heavy atom. The van der Waals surface area contributed by atoms with E-state index < -0.39 is 32.3 Å². The maximum atomic E-state index is 13.3. The van der Waals surface area contributed by atoms with Gasteiger partial charge in [0, 0.05) is 29.1 Å². The summed E-state index contributed by atoms with van der Waals surface area (Å²) in [5.74, 6) is -1.94. The third-order valence-corrected chi connectivity index (χ3v) is 6.69. The second-order valence-corrected chi connectivity index (χ2v) is 9.17. The Labute approximate surface area is 173 Å². The number of rotatable bonds is 6. The zero-order valence-corrected chi connectivity index (χ0v) is 17.0. The molecule has 0 radical (unpaired) electrons. The molecule has 0 amide bonds. The van der Waals surface area contributed by atoms with Gasteiger partial charge in [-0.05, 0) is 30.7 Å². The van der Waals surface area contributed by atoms with Crippen molar-refractivity contribution in [1.29, 1.82) is 0 Å². The Balaban J connectivity index is 1.83. The number of benzene rings is 2. The van der Waals surface area contributed by atoms with Crippen LogP contribution in [-0.4, -0.2) is 18.3 Å². The van der Waals surface area contributed by atoms with Crippen LogP contribution in [0.3, 0.4) is 0 Å². The lowest BCUT2D eigenvalue weighted by Gasteiger charge is -2.07. The number of hydrogen-bond acceptors (Lipinski definition) is 6. The predicted octanol–water partition coefficient (Wildman–Crippen LogP) is 4.68. The number of thiazole rings is 1. The molecule has 0 atom stereocenters. The molecular formula is C17H12ClF2N3O4S2. The first-order valence-corrected chi connectivity index (χ1v) is 10.6. The summed E-state index contributed by atoms with van der Waals surface area (Å²) in [6.45, 7) is 1.41. The lowest BCUT2D eigenvalue weighted by atomic mass is 10.1. The first-order chi connectivity index (χ1) is 13.6. The van der Waals surface area contributed by atoms with Crippen molar-refractivity contribution in [3.8, 4) is 0 Å². The number of nitro benzene ring substituents is 1. The molecule has 0 fully saturated rings. The highest BCUT2D eigenvalue weighted by molar-refractivity contribution is 7.93.